The molecule has 5 nitrogen and oxygen atoms in total. The van der Waals surface area contributed by atoms with Gasteiger partial charge in [0.2, 0.25) is 0 Å². The van der Waals surface area contributed by atoms with Crippen LogP contribution in [0.15, 0.2) is 30.7 Å². The molecule has 0 radical (unpaired) electrons. The van der Waals surface area contributed by atoms with E-state index in [0.717, 1.165) is 44.8 Å². The van der Waals surface area contributed by atoms with Gasteiger partial charge in [-0.25, -0.2) is 9.97 Å². The molecular weight excluding hydrogens is 274 g/mol. The summed E-state index contributed by atoms with van der Waals surface area (Å²) in [6, 6.07) is 4.49. The molecule has 0 aliphatic carbocycles. The first kappa shape index (κ1) is 13.8. The third-order valence-electron chi connectivity index (χ3n) is 4.53. The standard InChI is InChI=1S/C17H21N5/c1-3-13(9-18-6-1)11-22-8-5-15-14(12-22)10-20-17(21-15)16-4-2-7-19-16/h1,3,6,9-10,16,19H,2,4-5,7-8,11-12H2/t16-/m1/s1. The first-order chi connectivity index (χ1) is 10.9. The van der Waals surface area contributed by atoms with Gasteiger partial charge in [-0.3, -0.25) is 9.88 Å². The molecule has 1 atom stereocenters. The highest BCUT2D eigenvalue weighted by Crippen LogP contribution is 2.23. The molecule has 22 heavy (non-hydrogen) atoms. The van der Waals surface area contributed by atoms with Gasteiger partial charge in [0, 0.05) is 55.9 Å². The van der Waals surface area contributed by atoms with Crippen LogP contribution < -0.4 is 5.32 Å². The van der Waals surface area contributed by atoms with E-state index in [4.69, 9.17) is 4.98 Å². The molecule has 1 saturated heterocycles. The van der Waals surface area contributed by atoms with Gasteiger partial charge in [0.1, 0.15) is 5.82 Å². The number of pyridine rings is 1. The van der Waals surface area contributed by atoms with Crippen LogP contribution in [0.5, 0.6) is 0 Å². The van der Waals surface area contributed by atoms with Crippen molar-refractivity contribution < 1.29 is 0 Å². The maximum Gasteiger partial charge on any atom is 0.145 e. The number of hydrogen-bond acceptors (Lipinski definition) is 5. The molecule has 2 aliphatic rings. The smallest absolute Gasteiger partial charge is 0.145 e. The van der Waals surface area contributed by atoms with Gasteiger partial charge in [0.15, 0.2) is 0 Å². The third-order valence-corrected chi connectivity index (χ3v) is 4.53. The third kappa shape index (κ3) is 2.87. The summed E-state index contributed by atoms with van der Waals surface area (Å²) in [7, 11) is 0. The largest absolute Gasteiger partial charge is 0.307 e. The summed E-state index contributed by atoms with van der Waals surface area (Å²) in [6.07, 6.45) is 9.20. The molecule has 4 rings (SSSR count). The average Bonchev–Trinajstić information content (AvgIpc) is 3.10. The molecule has 0 aromatic carbocycles. The van der Waals surface area contributed by atoms with Crippen LogP contribution in [0.4, 0.5) is 0 Å². The van der Waals surface area contributed by atoms with Gasteiger partial charge in [-0.15, -0.1) is 0 Å². The van der Waals surface area contributed by atoms with E-state index in [1.807, 2.05) is 24.7 Å². The highest BCUT2D eigenvalue weighted by molar-refractivity contribution is 5.22. The van der Waals surface area contributed by atoms with Crippen LogP contribution >= 0.6 is 0 Å². The van der Waals surface area contributed by atoms with Crippen LogP contribution in [0.2, 0.25) is 0 Å². The molecule has 1 N–H and O–H groups in total. The van der Waals surface area contributed by atoms with Crippen LogP contribution in [0.3, 0.4) is 0 Å². The van der Waals surface area contributed by atoms with Gasteiger partial charge < -0.3 is 5.32 Å². The van der Waals surface area contributed by atoms with Crippen molar-refractivity contribution in [2.24, 2.45) is 0 Å². The van der Waals surface area contributed by atoms with Crippen LogP contribution in [0, 0.1) is 0 Å². The van der Waals surface area contributed by atoms with Crippen LogP contribution in [-0.4, -0.2) is 32.9 Å². The van der Waals surface area contributed by atoms with Crippen molar-refractivity contribution in [3.8, 4) is 0 Å². The molecule has 0 unspecified atom stereocenters. The maximum atomic E-state index is 4.82. The molecule has 0 saturated carbocycles. The molecule has 2 aliphatic heterocycles. The Bertz CT molecular complexity index is 637. The lowest BCUT2D eigenvalue weighted by atomic mass is 10.1. The lowest BCUT2D eigenvalue weighted by molar-refractivity contribution is 0.242. The van der Waals surface area contributed by atoms with E-state index in [0.29, 0.717) is 6.04 Å². The maximum absolute atomic E-state index is 4.82. The minimum atomic E-state index is 0.360. The van der Waals surface area contributed by atoms with Gasteiger partial charge >= 0.3 is 0 Å². The monoisotopic (exact) mass is 295 g/mol. The Morgan fingerprint density at radius 2 is 2.32 bits per heavy atom. The summed E-state index contributed by atoms with van der Waals surface area (Å²) < 4.78 is 0. The van der Waals surface area contributed by atoms with Gasteiger partial charge in [-0.2, -0.15) is 0 Å². The van der Waals surface area contributed by atoms with Gasteiger partial charge in [-0.1, -0.05) is 6.07 Å². The Balaban J connectivity index is 1.47. The fourth-order valence-electron chi connectivity index (χ4n) is 3.35. The minimum Gasteiger partial charge on any atom is -0.307 e. The Morgan fingerprint density at radius 1 is 1.32 bits per heavy atom. The van der Waals surface area contributed by atoms with E-state index < -0.39 is 0 Å². The topological polar surface area (TPSA) is 53.9 Å². The van der Waals surface area contributed by atoms with E-state index in [1.54, 1.807) is 0 Å². The lowest BCUT2D eigenvalue weighted by Gasteiger charge is -2.28. The number of rotatable bonds is 3. The molecule has 5 heteroatoms. The highest BCUT2D eigenvalue weighted by atomic mass is 15.1. The summed E-state index contributed by atoms with van der Waals surface area (Å²) in [4.78, 5) is 16.1. The first-order valence-corrected chi connectivity index (χ1v) is 8.08. The van der Waals surface area contributed by atoms with E-state index in [2.05, 4.69) is 26.3 Å². The summed E-state index contributed by atoms with van der Waals surface area (Å²) in [5.41, 5.74) is 3.77. The van der Waals surface area contributed by atoms with Gasteiger partial charge in [-0.05, 0) is 31.0 Å². The lowest BCUT2D eigenvalue weighted by Crippen LogP contribution is -2.31. The zero-order chi connectivity index (χ0) is 14.8. The summed E-state index contributed by atoms with van der Waals surface area (Å²) in [5, 5.41) is 3.48. The van der Waals surface area contributed by atoms with Crippen molar-refractivity contribution >= 4 is 0 Å². The van der Waals surface area contributed by atoms with E-state index in [-0.39, 0.29) is 0 Å². The van der Waals surface area contributed by atoms with Crippen molar-refractivity contribution in [1.29, 1.82) is 0 Å². The van der Waals surface area contributed by atoms with Crippen molar-refractivity contribution in [2.75, 3.05) is 13.1 Å². The fraction of sp³-hybridized carbons (Fsp3) is 0.471. The molecule has 0 amide bonds. The number of nitrogens with one attached hydrogen (secondary N) is 1. The van der Waals surface area contributed by atoms with Crippen molar-refractivity contribution in [3.05, 3.63) is 53.4 Å². The Hall–Kier alpha value is -1.85. The predicted molar refractivity (Wildman–Crippen MR) is 84.1 cm³/mol. The Morgan fingerprint density at radius 3 is 3.14 bits per heavy atom. The molecule has 1 fully saturated rings. The zero-order valence-electron chi connectivity index (χ0n) is 12.7. The van der Waals surface area contributed by atoms with Crippen LogP contribution in [-0.2, 0) is 19.5 Å². The molecule has 2 aromatic rings. The summed E-state index contributed by atoms with van der Waals surface area (Å²) in [6.45, 7) is 4.02. The van der Waals surface area contributed by atoms with E-state index in [1.165, 1.54) is 23.2 Å². The SMILES string of the molecule is c1cncc(CN2CCc3nc([C@H]4CCCN4)ncc3C2)c1. The van der Waals surface area contributed by atoms with E-state index in [9.17, 15) is 0 Å². The Labute approximate surface area is 130 Å². The molecule has 0 spiro atoms. The van der Waals surface area contributed by atoms with Crippen LogP contribution in [0.25, 0.3) is 0 Å². The molecule has 4 heterocycles. The van der Waals surface area contributed by atoms with Gasteiger partial charge in [0.05, 0.1) is 6.04 Å². The molecular formula is C17H21N5. The second-order valence-corrected chi connectivity index (χ2v) is 6.17. The zero-order valence-corrected chi connectivity index (χ0v) is 12.7. The number of aromatic nitrogens is 3. The van der Waals surface area contributed by atoms with Gasteiger partial charge in [0.25, 0.3) is 0 Å². The predicted octanol–water partition coefficient (Wildman–Crippen LogP) is 1.85. The molecule has 2 aromatic heterocycles. The van der Waals surface area contributed by atoms with Crippen molar-refractivity contribution in [3.63, 3.8) is 0 Å². The van der Waals surface area contributed by atoms with Crippen molar-refractivity contribution in [1.82, 2.24) is 25.2 Å². The summed E-state index contributed by atoms with van der Waals surface area (Å²) >= 11 is 0. The number of nitrogens with zero attached hydrogens (tertiary/aromatic N) is 4. The quantitative estimate of drug-likeness (QED) is 0.936. The second kappa shape index (κ2) is 6.10. The highest BCUT2D eigenvalue weighted by Gasteiger charge is 2.23. The number of hydrogen-bond donors (Lipinski definition) is 1. The Kier molecular flexibility index (Phi) is 3.83. The second-order valence-electron chi connectivity index (χ2n) is 6.17. The molecule has 0 bridgehead atoms. The van der Waals surface area contributed by atoms with Crippen molar-refractivity contribution in [2.45, 2.75) is 38.4 Å². The number of fused-ring (bicyclic) bond motifs is 1. The fourth-order valence-corrected chi connectivity index (χ4v) is 3.35. The minimum absolute atomic E-state index is 0.360. The average molecular weight is 295 g/mol. The van der Waals surface area contributed by atoms with E-state index >= 15 is 0 Å². The van der Waals surface area contributed by atoms with Crippen LogP contribution in [0.1, 0.15) is 41.5 Å². The summed E-state index contributed by atoms with van der Waals surface area (Å²) in [5.74, 6) is 0.983. The molecule has 114 valence electrons. The first-order valence-electron chi connectivity index (χ1n) is 8.08. The normalized spacial score (nSPS) is 21.7.